The summed E-state index contributed by atoms with van der Waals surface area (Å²) < 4.78 is 16.6. The Hall–Kier alpha value is -3.03. The lowest BCUT2D eigenvalue weighted by molar-refractivity contribution is -0.145. The van der Waals surface area contributed by atoms with Crippen LogP contribution in [-0.2, 0) is 23.2 Å². The second kappa shape index (κ2) is 11.9. The monoisotopic (exact) mass is 572 g/mol. The third-order valence-electron chi connectivity index (χ3n) is 10.6. The van der Waals surface area contributed by atoms with E-state index in [-0.39, 0.29) is 29.1 Å². The van der Waals surface area contributed by atoms with Crippen LogP contribution in [0, 0.1) is 17.7 Å². The molecule has 0 radical (unpaired) electrons. The lowest BCUT2D eigenvalue weighted by Gasteiger charge is -2.40. The molecule has 42 heavy (non-hydrogen) atoms. The second-order valence-electron chi connectivity index (χ2n) is 13.5. The highest BCUT2D eigenvalue weighted by molar-refractivity contribution is 5.73. The molecule has 0 bridgehead atoms. The fraction of sp³-hybridized carbons (Fsp3) is 0.543. The molecular formula is C35H45FN4O2. The van der Waals surface area contributed by atoms with E-state index in [1.165, 1.54) is 23.7 Å². The van der Waals surface area contributed by atoms with Crippen molar-refractivity contribution in [3.63, 3.8) is 0 Å². The number of hydrogen-bond donors (Lipinski definition) is 1. The minimum Gasteiger partial charge on any atom is -0.480 e. The summed E-state index contributed by atoms with van der Waals surface area (Å²) in [4.78, 5) is 16.8. The fourth-order valence-electron chi connectivity index (χ4n) is 8.34. The van der Waals surface area contributed by atoms with Crippen molar-refractivity contribution >= 4 is 5.97 Å². The van der Waals surface area contributed by atoms with Gasteiger partial charge in [0.15, 0.2) is 0 Å². The number of rotatable bonds is 9. The summed E-state index contributed by atoms with van der Waals surface area (Å²) in [6.45, 7) is 8.04. The normalized spacial score (nSPS) is 24.5. The summed E-state index contributed by atoms with van der Waals surface area (Å²) in [6.07, 6.45) is 6.12. The van der Waals surface area contributed by atoms with E-state index in [1.54, 1.807) is 6.07 Å². The average Bonchev–Trinajstić information content (AvgIpc) is 3.65. The number of aliphatic carboxylic acids is 1. The number of carboxylic acids is 1. The smallest absolute Gasteiger partial charge is 0.321 e. The van der Waals surface area contributed by atoms with Gasteiger partial charge in [0.2, 0.25) is 0 Å². The lowest BCUT2D eigenvalue weighted by Crippen LogP contribution is -2.47. The maximum Gasteiger partial charge on any atom is 0.321 e. The molecule has 2 aliphatic heterocycles. The molecule has 224 valence electrons. The summed E-state index contributed by atoms with van der Waals surface area (Å²) >= 11 is 0. The Bertz CT molecular complexity index is 1380. The summed E-state index contributed by atoms with van der Waals surface area (Å²) in [7, 11) is 1.97. The molecule has 6 rings (SSSR count). The Balaban J connectivity index is 1.14. The van der Waals surface area contributed by atoms with Crippen LogP contribution in [0.4, 0.5) is 4.39 Å². The minimum absolute atomic E-state index is 0.0190. The third kappa shape index (κ3) is 5.78. The topological polar surface area (TPSA) is 61.6 Å². The first kappa shape index (κ1) is 29.1. The van der Waals surface area contributed by atoms with Crippen LogP contribution in [0.2, 0.25) is 0 Å². The highest BCUT2D eigenvalue weighted by Crippen LogP contribution is 2.46. The van der Waals surface area contributed by atoms with Gasteiger partial charge in [0.05, 0.1) is 5.69 Å². The summed E-state index contributed by atoms with van der Waals surface area (Å²) in [5, 5.41) is 14.9. The largest absolute Gasteiger partial charge is 0.480 e. The standard InChI is InChI=1S/C35H45FN4O2/c1-24(2)33(34(41)42)38(3)30-20-27(31(22-30)26-10-7-11-28(36)19-26)23-39-15-12-35(13-16-39)14-17-40-32(35)21-29(37-40)18-25-8-5-4-6-9-25/h4-11,19,21,24,27,30-31,33H,12-18,20,22-23H2,1-3H3,(H,41,42)/t27?,30?,31?,33-/m1/s1. The van der Waals surface area contributed by atoms with Gasteiger partial charge in [0.25, 0.3) is 0 Å². The maximum absolute atomic E-state index is 14.3. The number of carboxylic acid groups (broad SMARTS) is 1. The molecule has 1 spiro atoms. The first-order chi connectivity index (χ1) is 20.2. The SMILES string of the molecule is CC(C)[C@H](C(=O)O)N(C)C1CC(CN2CCC3(CC2)CCn2nc(Cc4ccccc4)cc23)C(c2cccc(F)c2)C1. The van der Waals surface area contributed by atoms with Crippen LogP contribution in [0.5, 0.6) is 0 Å². The number of hydrogen-bond acceptors (Lipinski definition) is 4. The van der Waals surface area contributed by atoms with Gasteiger partial charge < -0.3 is 10.0 Å². The van der Waals surface area contributed by atoms with E-state index in [2.05, 4.69) is 56.9 Å². The molecule has 6 nitrogen and oxygen atoms in total. The van der Waals surface area contributed by atoms with Crippen molar-refractivity contribution < 1.29 is 14.3 Å². The Morgan fingerprint density at radius 3 is 2.48 bits per heavy atom. The van der Waals surface area contributed by atoms with Crippen molar-refractivity contribution in [1.82, 2.24) is 19.6 Å². The van der Waals surface area contributed by atoms with Gasteiger partial charge in [-0.2, -0.15) is 5.10 Å². The number of carbonyl (C=O) groups is 1. The first-order valence-electron chi connectivity index (χ1n) is 15.8. The Kier molecular flexibility index (Phi) is 8.25. The van der Waals surface area contributed by atoms with Crippen molar-refractivity contribution in [1.29, 1.82) is 0 Å². The summed E-state index contributed by atoms with van der Waals surface area (Å²) in [5.41, 5.74) is 5.14. The summed E-state index contributed by atoms with van der Waals surface area (Å²) in [5.74, 6) is -0.355. The quantitative estimate of drug-likeness (QED) is 0.343. The van der Waals surface area contributed by atoms with Crippen LogP contribution in [0.25, 0.3) is 0 Å². The molecular weight excluding hydrogens is 527 g/mol. The molecule has 4 atom stereocenters. The number of halogens is 1. The number of aryl methyl sites for hydroxylation is 1. The van der Waals surface area contributed by atoms with Gasteiger partial charge in [-0.3, -0.25) is 14.4 Å². The number of fused-ring (bicyclic) bond motifs is 2. The van der Waals surface area contributed by atoms with E-state index >= 15 is 0 Å². The Morgan fingerprint density at radius 1 is 1.05 bits per heavy atom. The zero-order valence-corrected chi connectivity index (χ0v) is 25.3. The number of likely N-dealkylation sites (N-methyl/N-ethyl adjacent to an activating group) is 1. The summed E-state index contributed by atoms with van der Waals surface area (Å²) in [6, 6.07) is 19.7. The van der Waals surface area contributed by atoms with E-state index in [0.717, 1.165) is 69.5 Å². The van der Waals surface area contributed by atoms with Crippen molar-refractivity contribution in [2.24, 2.45) is 11.8 Å². The molecule has 3 aliphatic rings. The number of benzene rings is 2. The number of nitrogens with zero attached hydrogens (tertiary/aromatic N) is 4. The fourth-order valence-corrected chi connectivity index (χ4v) is 8.34. The molecule has 3 heterocycles. The Labute approximate surface area is 249 Å². The molecule has 1 aliphatic carbocycles. The molecule has 7 heteroatoms. The van der Waals surface area contributed by atoms with E-state index in [0.29, 0.717) is 5.92 Å². The highest BCUT2D eigenvalue weighted by atomic mass is 19.1. The minimum atomic E-state index is -0.762. The van der Waals surface area contributed by atoms with Crippen LogP contribution >= 0.6 is 0 Å². The maximum atomic E-state index is 14.3. The van der Waals surface area contributed by atoms with Gasteiger partial charge in [0, 0.05) is 36.7 Å². The van der Waals surface area contributed by atoms with Gasteiger partial charge in [0.1, 0.15) is 11.9 Å². The molecule has 1 saturated carbocycles. The predicted octanol–water partition coefficient (Wildman–Crippen LogP) is 5.95. The number of likely N-dealkylation sites (tertiary alicyclic amines) is 1. The van der Waals surface area contributed by atoms with Crippen molar-refractivity contribution in [3.8, 4) is 0 Å². The molecule has 2 fully saturated rings. The van der Waals surface area contributed by atoms with E-state index in [1.807, 2.05) is 27.0 Å². The second-order valence-corrected chi connectivity index (χ2v) is 13.5. The molecule has 2 aromatic carbocycles. The van der Waals surface area contributed by atoms with Crippen LogP contribution in [0.3, 0.4) is 0 Å². The van der Waals surface area contributed by atoms with Gasteiger partial charge in [-0.05, 0) is 99.3 Å². The molecule has 1 aromatic heterocycles. The predicted molar refractivity (Wildman–Crippen MR) is 163 cm³/mol. The zero-order chi connectivity index (χ0) is 29.4. The van der Waals surface area contributed by atoms with Crippen LogP contribution in [0.1, 0.15) is 74.4 Å². The van der Waals surface area contributed by atoms with Crippen LogP contribution < -0.4 is 0 Å². The van der Waals surface area contributed by atoms with Crippen LogP contribution in [-0.4, -0.2) is 69.4 Å². The zero-order valence-electron chi connectivity index (χ0n) is 25.3. The van der Waals surface area contributed by atoms with Gasteiger partial charge in [-0.1, -0.05) is 56.3 Å². The Morgan fingerprint density at radius 2 is 1.79 bits per heavy atom. The molecule has 3 aromatic rings. The van der Waals surface area contributed by atoms with Crippen LogP contribution in [0.15, 0.2) is 60.7 Å². The number of piperidine rings is 1. The van der Waals surface area contributed by atoms with Crippen molar-refractivity contribution in [2.45, 2.75) is 82.3 Å². The molecule has 3 unspecified atom stereocenters. The van der Waals surface area contributed by atoms with Gasteiger partial charge >= 0.3 is 5.97 Å². The highest BCUT2D eigenvalue weighted by Gasteiger charge is 2.45. The molecule has 1 N–H and O–H groups in total. The molecule has 1 saturated heterocycles. The third-order valence-corrected chi connectivity index (χ3v) is 10.6. The number of aromatic nitrogens is 2. The molecule has 0 amide bonds. The van der Waals surface area contributed by atoms with Gasteiger partial charge in [-0.25, -0.2) is 4.39 Å². The van der Waals surface area contributed by atoms with Crippen molar-refractivity contribution in [3.05, 3.63) is 89.0 Å². The van der Waals surface area contributed by atoms with Crippen molar-refractivity contribution in [2.75, 3.05) is 26.7 Å². The average molecular weight is 573 g/mol. The van der Waals surface area contributed by atoms with E-state index < -0.39 is 12.0 Å². The van der Waals surface area contributed by atoms with E-state index in [4.69, 9.17) is 5.10 Å². The first-order valence-corrected chi connectivity index (χ1v) is 15.8. The van der Waals surface area contributed by atoms with E-state index in [9.17, 15) is 14.3 Å². The van der Waals surface area contributed by atoms with Gasteiger partial charge in [-0.15, -0.1) is 0 Å². The lowest BCUT2D eigenvalue weighted by atomic mass is 9.74.